The van der Waals surface area contributed by atoms with E-state index in [0.29, 0.717) is 0 Å². The summed E-state index contributed by atoms with van der Waals surface area (Å²) in [7, 11) is 0. The van der Waals surface area contributed by atoms with Gasteiger partial charge in [-0.15, -0.1) is 0 Å². The molecule has 0 aliphatic carbocycles. The van der Waals surface area contributed by atoms with Gasteiger partial charge in [0.1, 0.15) is 5.82 Å². The van der Waals surface area contributed by atoms with Crippen molar-refractivity contribution in [2.24, 2.45) is 0 Å². The third-order valence-corrected chi connectivity index (χ3v) is 3.83. The van der Waals surface area contributed by atoms with E-state index < -0.39 is 0 Å². The molecule has 0 radical (unpaired) electrons. The number of anilines is 1. The summed E-state index contributed by atoms with van der Waals surface area (Å²) in [6.07, 6.45) is 0. The van der Waals surface area contributed by atoms with Gasteiger partial charge >= 0.3 is 0 Å². The minimum atomic E-state index is 0.0798. The standard InChI is InChI=1S/C19H28N2/c1-8-20-17-15(19(5,6)7)12-13-11-14(18(2,3)4)9-10-16(13)21-17/h9-12H,8H2,1-7H3,(H,20,21). The van der Waals surface area contributed by atoms with Crippen LogP contribution in [0.5, 0.6) is 0 Å². The fourth-order valence-corrected chi connectivity index (χ4v) is 2.52. The van der Waals surface area contributed by atoms with E-state index in [2.05, 4.69) is 78.0 Å². The highest BCUT2D eigenvalue weighted by Crippen LogP contribution is 2.33. The van der Waals surface area contributed by atoms with Crippen LogP contribution < -0.4 is 5.32 Å². The van der Waals surface area contributed by atoms with Gasteiger partial charge in [-0.25, -0.2) is 4.98 Å². The van der Waals surface area contributed by atoms with E-state index in [1.807, 2.05) is 0 Å². The number of fused-ring (bicyclic) bond motifs is 1. The minimum absolute atomic E-state index is 0.0798. The van der Waals surface area contributed by atoms with Gasteiger partial charge in [-0.3, -0.25) is 0 Å². The minimum Gasteiger partial charge on any atom is -0.370 e. The first-order chi connectivity index (χ1) is 9.63. The van der Waals surface area contributed by atoms with E-state index in [1.165, 1.54) is 16.5 Å². The number of nitrogens with zero attached hydrogens (tertiary/aromatic N) is 1. The molecule has 0 saturated carbocycles. The number of hydrogen-bond donors (Lipinski definition) is 1. The van der Waals surface area contributed by atoms with Crippen molar-refractivity contribution in [2.75, 3.05) is 11.9 Å². The first-order valence-corrected chi connectivity index (χ1v) is 7.82. The Balaban J connectivity index is 2.67. The van der Waals surface area contributed by atoms with Crippen molar-refractivity contribution in [3.05, 3.63) is 35.4 Å². The van der Waals surface area contributed by atoms with Gasteiger partial charge in [0.15, 0.2) is 0 Å². The van der Waals surface area contributed by atoms with Crippen LogP contribution in [0, 0.1) is 0 Å². The number of aromatic nitrogens is 1. The Labute approximate surface area is 129 Å². The second-order valence-electron chi connectivity index (χ2n) is 7.82. The largest absolute Gasteiger partial charge is 0.370 e. The Morgan fingerprint density at radius 1 is 0.952 bits per heavy atom. The monoisotopic (exact) mass is 284 g/mol. The van der Waals surface area contributed by atoms with Crippen LogP contribution in [0.25, 0.3) is 10.9 Å². The van der Waals surface area contributed by atoms with Crippen LogP contribution in [0.1, 0.15) is 59.6 Å². The second kappa shape index (κ2) is 5.32. The molecule has 0 atom stereocenters. The molecular formula is C19H28N2. The normalized spacial score (nSPS) is 12.7. The molecule has 0 aliphatic heterocycles. The maximum Gasteiger partial charge on any atom is 0.130 e. The van der Waals surface area contributed by atoms with E-state index in [1.54, 1.807) is 0 Å². The molecule has 0 unspecified atom stereocenters. The Morgan fingerprint density at radius 3 is 2.14 bits per heavy atom. The molecule has 0 aliphatic rings. The Bertz CT molecular complexity index is 643. The molecule has 2 heteroatoms. The first kappa shape index (κ1) is 15.8. The van der Waals surface area contributed by atoms with Crippen LogP contribution in [-0.2, 0) is 10.8 Å². The van der Waals surface area contributed by atoms with Crippen molar-refractivity contribution in [1.29, 1.82) is 0 Å². The molecule has 1 aromatic heterocycles. The second-order valence-corrected chi connectivity index (χ2v) is 7.82. The van der Waals surface area contributed by atoms with Gasteiger partial charge in [-0.2, -0.15) is 0 Å². The zero-order chi connectivity index (χ0) is 15.8. The highest BCUT2D eigenvalue weighted by atomic mass is 15.0. The first-order valence-electron chi connectivity index (χ1n) is 7.82. The molecule has 114 valence electrons. The van der Waals surface area contributed by atoms with Crippen molar-refractivity contribution >= 4 is 16.7 Å². The third-order valence-electron chi connectivity index (χ3n) is 3.83. The molecular weight excluding hydrogens is 256 g/mol. The van der Waals surface area contributed by atoms with Crippen molar-refractivity contribution in [3.63, 3.8) is 0 Å². The maximum absolute atomic E-state index is 4.84. The van der Waals surface area contributed by atoms with Crippen molar-refractivity contribution in [3.8, 4) is 0 Å². The lowest BCUT2D eigenvalue weighted by Crippen LogP contribution is -2.16. The zero-order valence-electron chi connectivity index (χ0n) is 14.5. The molecule has 21 heavy (non-hydrogen) atoms. The molecule has 0 spiro atoms. The molecule has 0 bridgehead atoms. The molecule has 0 fully saturated rings. The lowest BCUT2D eigenvalue weighted by atomic mass is 9.84. The average molecular weight is 284 g/mol. The molecule has 0 amide bonds. The summed E-state index contributed by atoms with van der Waals surface area (Å²) in [5, 5.41) is 4.64. The van der Waals surface area contributed by atoms with Gasteiger partial charge in [-0.05, 0) is 41.5 Å². The van der Waals surface area contributed by atoms with Crippen LogP contribution >= 0.6 is 0 Å². The van der Waals surface area contributed by atoms with Crippen LogP contribution in [-0.4, -0.2) is 11.5 Å². The van der Waals surface area contributed by atoms with Crippen LogP contribution in [0.2, 0.25) is 0 Å². The molecule has 0 saturated heterocycles. The van der Waals surface area contributed by atoms with Crippen molar-refractivity contribution in [1.82, 2.24) is 4.98 Å². The summed E-state index contributed by atoms with van der Waals surface area (Å²) in [5.41, 5.74) is 3.94. The lowest BCUT2D eigenvalue weighted by Gasteiger charge is -2.24. The van der Waals surface area contributed by atoms with Gasteiger partial charge < -0.3 is 5.32 Å². The Hall–Kier alpha value is -1.57. The van der Waals surface area contributed by atoms with Crippen LogP contribution in [0.4, 0.5) is 5.82 Å². The molecule has 1 heterocycles. The van der Waals surface area contributed by atoms with Gasteiger partial charge in [0.2, 0.25) is 0 Å². The van der Waals surface area contributed by atoms with Gasteiger partial charge in [0, 0.05) is 17.5 Å². The topological polar surface area (TPSA) is 24.9 Å². The summed E-state index contributed by atoms with van der Waals surface area (Å²) in [6, 6.07) is 8.92. The number of hydrogen-bond acceptors (Lipinski definition) is 2. The molecule has 2 rings (SSSR count). The third kappa shape index (κ3) is 3.37. The van der Waals surface area contributed by atoms with E-state index in [4.69, 9.17) is 4.98 Å². The van der Waals surface area contributed by atoms with Gasteiger partial charge in [0.25, 0.3) is 0 Å². The Kier molecular flexibility index (Phi) is 4.01. The fraction of sp³-hybridized carbons (Fsp3) is 0.526. The summed E-state index contributed by atoms with van der Waals surface area (Å²) in [5.74, 6) is 1.01. The lowest BCUT2D eigenvalue weighted by molar-refractivity contribution is 0.589. The number of benzene rings is 1. The van der Waals surface area contributed by atoms with Gasteiger partial charge in [-0.1, -0.05) is 47.6 Å². The van der Waals surface area contributed by atoms with Crippen LogP contribution in [0.3, 0.4) is 0 Å². The Morgan fingerprint density at radius 2 is 1.62 bits per heavy atom. The SMILES string of the molecule is CCNc1nc2ccc(C(C)(C)C)cc2cc1C(C)(C)C. The highest BCUT2D eigenvalue weighted by molar-refractivity contribution is 5.83. The number of nitrogens with one attached hydrogen (secondary N) is 1. The van der Waals surface area contributed by atoms with E-state index >= 15 is 0 Å². The summed E-state index contributed by atoms with van der Waals surface area (Å²) in [4.78, 5) is 4.84. The molecule has 1 aromatic carbocycles. The molecule has 2 nitrogen and oxygen atoms in total. The molecule has 2 aromatic rings. The predicted octanol–water partition coefficient (Wildman–Crippen LogP) is 5.26. The summed E-state index contributed by atoms with van der Waals surface area (Å²) < 4.78 is 0. The van der Waals surface area contributed by atoms with E-state index in [9.17, 15) is 0 Å². The summed E-state index contributed by atoms with van der Waals surface area (Å²) in [6.45, 7) is 16.5. The van der Waals surface area contributed by atoms with E-state index in [-0.39, 0.29) is 10.8 Å². The highest BCUT2D eigenvalue weighted by Gasteiger charge is 2.21. The number of rotatable bonds is 2. The fourth-order valence-electron chi connectivity index (χ4n) is 2.52. The predicted molar refractivity (Wildman–Crippen MR) is 93.3 cm³/mol. The zero-order valence-corrected chi connectivity index (χ0v) is 14.5. The number of pyridine rings is 1. The van der Waals surface area contributed by atoms with E-state index in [0.717, 1.165) is 17.9 Å². The summed E-state index contributed by atoms with van der Waals surface area (Å²) >= 11 is 0. The smallest absolute Gasteiger partial charge is 0.130 e. The maximum atomic E-state index is 4.84. The molecule has 1 N–H and O–H groups in total. The van der Waals surface area contributed by atoms with Crippen molar-refractivity contribution < 1.29 is 0 Å². The average Bonchev–Trinajstić information content (AvgIpc) is 2.35. The quantitative estimate of drug-likeness (QED) is 0.813. The van der Waals surface area contributed by atoms with Crippen molar-refractivity contribution in [2.45, 2.75) is 59.3 Å². The van der Waals surface area contributed by atoms with Crippen LogP contribution in [0.15, 0.2) is 24.3 Å². The van der Waals surface area contributed by atoms with Gasteiger partial charge in [0.05, 0.1) is 5.52 Å².